The van der Waals surface area contributed by atoms with E-state index in [-0.39, 0.29) is 24.5 Å². The first-order valence-corrected chi connectivity index (χ1v) is 8.38. The number of allylic oxidation sites excluding steroid dienone is 1. The van der Waals surface area contributed by atoms with Gasteiger partial charge in [-0.25, -0.2) is 0 Å². The monoisotopic (exact) mass is 308 g/mol. The molecule has 1 heterocycles. The van der Waals surface area contributed by atoms with Crippen molar-refractivity contribution < 1.29 is 14.3 Å². The van der Waals surface area contributed by atoms with Crippen LogP contribution in [0.25, 0.3) is 0 Å². The van der Waals surface area contributed by atoms with Crippen LogP contribution in [0.1, 0.15) is 46.0 Å². The third-order valence-electron chi connectivity index (χ3n) is 4.10. The molecule has 0 aromatic carbocycles. The van der Waals surface area contributed by atoms with Crippen LogP contribution in [0.4, 0.5) is 0 Å². The van der Waals surface area contributed by atoms with Gasteiger partial charge in [-0.15, -0.1) is 0 Å². The van der Waals surface area contributed by atoms with Gasteiger partial charge in [0, 0.05) is 26.1 Å². The van der Waals surface area contributed by atoms with E-state index in [1.165, 1.54) is 18.4 Å². The number of ether oxygens (including phenoxy) is 1. The zero-order valence-corrected chi connectivity index (χ0v) is 13.8. The molecule has 5 nitrogen and oxygen atoms in total. The molecule has 0 saturated carbocycles. The van der Waals surface area contributed by atoms with Gasteiger partial charge in [-0.3, -0.25) is 9.59 Å². The summed E-state index contributed by atoms with van der Waals surface area (Å²) in [6.07, 6.45) is 7.17. The van der Waals surface area contributed by atoms with E-state index >= 15 is 0 Å². The zero-order chi connectivity index (χ0) is 15.9. The van der Waals surface area contributed by atoms with E-state index in [0.717, 1.165) is 19.4 Å². The van der Waals surface area contributed by atoms with Crippen LogP contribution in [-0.2, 0) is 14.3 Å². The molecular formula is C17H28N2O3. The molecule has 1 aliphatic carbocycles. The Balaban J connectivity index is 1.72. The SMILES string of the molecule is CC(C)CN1CC(CNC(=O)CC2=CCCCC2)OCC1=O. The molecule has 0 aromatic rings. The first kappa shape index (κ1) is 17.0. The van der Waals surface area contributed by atoms with Crippen molar-refractivity contribution in [2.24, 2.45) is 5.92 Å². The highest BCUT2D eigenvalue weighted by Crippen LogP contribution is 2.19. The minimum atomic E-state index is -0.0965. The van der Waals surface area contributed by atoms with E-state index in [1.807, 2.05) is 4.90 Å². The van der Waals surface area contributed by atoms with Crippen LogP contribution in [0.5, 0.6) is 0 Å². The van der Waals surface area contributed by atoms with E-state index in [0.29, 0.717) is 25.4 Å². The van der Waals surface area contributed by atoms with Crippen molar-refractivity contribution in [3.63, 3.8) is 0 Å². The third kappa shape index (κ3) is 5.44. The number of nitrogens with zero attached hydrogens (tertiary/aromatic N) is 1. The Labute approximate surface area is 133 Å². The molecule has 1 unspecified atom stereocenters. The van der Waals surface area contributed by atoms with Crippen LogP contribution in [-0.4, -0.2) is 49.1 Å². The smallest absolute Gasteiger partial charge is 0.248 e. The van der Waals surface area contributed by atoms with Gasteiger partial charge in [0.15, 0.2) is 0 Å². The highest BCUT2D eigenvalue weighted by molar-refractivity contribution is 5.79. The number of amides is 2. The zero-order valence-electron chi connectivity index (χ0n) is 13.8. The predicted molar refractivity (Wildman–Crippen MR) is 85.3 cm³/mol. The van der Waals surface area contributed by atoms with Crippen molar-refractivity contribution in [2.45, 2.75) is 52.1 Å². The molecule has 0 spiro atoms. The summed E-state index contributed by atoms with van der Waals surface area (Å²) in [6, 6.07) is 0. The molecule has 1 saturated heterocycles. The molecule has 1 fully saturated rings. The Kier molecular flexibility index (Phi) is 6.43. The fourth-order valence-electron chi connectivity index (χ4n) is 2.98. The molecule has 0 aromatic heterocycles. The largest absolute Gasteiger partial charge is 0.365 e. The van der Waals surface area contributed by atoms with Gasteiger partial charge in [-0.1, -0.05) is 25.5 Å². The molecule has 0 bridgehead atoms. The summed E-state index contributed by atoms with van der Waals surface area (Å²) in [6.45, 7) is 6.11. The maximum Gasteiger partial charge on any atom is 0.248 e. The number of morpholine rings is 1. The number of rotatable bonds is 6. The maximum atomic E-state index is 12.0. The van der Waals surface area contributed by atoms with Crippen molar-refractivity contribution >= 4 is 11.8 Å². The second kappa shape index (κ2) is 8.32. The van der Waals surface area contributed by atoms with Crippen LogP contribution in [0.2, 0.25) is 0 Å². The van der Waals surface area contributed by atoms with E-state index in [4.69, 9.17) is 4.74 Å². The van der Waals surface area contributed by atoms with E-state index in [2.05, 4.69) is 25.2 Å². The number of hydrogen-bond donors (Lipinski definition) is 1. The minimum Gasteiger partial charge on any atom is -0.365 e. The van der Waals surface area contributed by atoms with Crippen molar-refractivity contribution in [1.82, 2.24) is 10.2 Å². The van der Waals surface area contributed by atoms with Gasteiger partial charge in [-0.05, 0) is 31.6 Å². The number of hydrogen-bond acceptors (Lipinski definition) is 3. The third-order valence-corrected chi connectivity index (χ3v) is 4.10. The van der Waals surface area contributed by atoms with Gasteiger partial charge in [-0.2, -0.15) is 0 Å². The standard InChI is InChI=1S/C17H28N2O3/c1-13(2)10-19-11-15(22-12-17(19)21)9-18-16(20)8-14-6-4-3-5-7-14/h6,13,15H,3-5,7-12H2,1-2H3,(H,18,20). The van der Waals surface area contributed by atoms with Gasteiger partial charge in [0.2, 0.25) is 11.8 Å². The minimum absolute atomic E-state index is 0.0450. The summed E-state index contributed by atoms with van der Waals surface area (Å²) in [7, 11) is 0. The Morgan fingerprint density at radius 2 is 2.27 bits per heavy atom. The van der Waals surface area contributed by atoms with Crippen LogP contribution >= 0.6 is 0 Å². The normalized spacial score (nSPS) is 22.7. The Bertz CT molecular complexity index is 432. The number of nitrogens with one attached hydrogen (secondary N) is 1. The first-order chi connectivity index (χ1) is 10.5. The molecular weight excluding hydrogens is 280 g/mol. The second-order valence-electron chi connectivity index (χ2n) is 6.71. The molecule has 5 heteroatoms. The Morgan fingerprint density at radius 3 is 2.95 bits per heavy atom. The van der Waals surface area contributed by atoms with Crippen molar-refractivity contribution in [2.75, 3.05) is 26.2 Å². The lowest BCUT2D eigenvalue weighted by molar-refractivity contribution is -0.149. The van der Waals surface area contributed by atoms with Gasteiger partial charge < -0.3 is 15.0 Å². The van der Waals surface area contributed by atoms with Crippen molar-refractivity contribution in [1.29, 1.82) is 0 Å². The van der Waals surface area contributed by atoms with Gasteiger partial charge in [0.05, 0.1) is 6.10 Å². The lowest BCUT2D eigenvalue weighted by Crippen LogP contribution is -2.51. The summed E-state index contributed by atoms with van der Waals surface area (Å²) in [5.74, 6) is 0.545. The quantitative estimate of drug-likeness (QED) is 0.762. The second-order valence-corrected chi connectivity index (χ2v) is 6.71. The number of carbonyl (C=O) groups is 2. The van der Waals surface area contributed by atoms with E-state index in [1.54, 1.807) is 0 Å². The van der Waals surface area contributed by atoms with Gasteiger partial charge >= 0.3 is 0 Å². The summed E-state index contributed by atoms with van der Waals surface area (Å²) in [4.78, 5) is 25.6. The fourth-order valence-corrected chi connectivity index (χ4v) is 2.98. The van der Waals surface area contributed by atoms with Gasteiger partial charge in [0.25, 0.3) is 0 Å². The molecule has 1 aliphatic heterocycles. The highest BCUT2D eigenvalue weighted by atomic mass is 16.5. The number of carbonyl (C=O) groups excluding carboxylic acids is 2. The first-order valence-electron chi connectivity index (χ1n) is 8.38. The van der Waals surface area contributed by atoms with Crippen LogP contribution in [0.3, 0.4) is 0 Å². The van der Waals surface area contributed by atoms with Crippen molar-refractivity contribution in [3.8, 4) is 0 Å². The predicted octanol–water partition coefficient (Wildman–Crippen LogP) is 1.88. The summed E-state index contributed by atoms with van der Waals surface area (Å²) >= 11 is 0. The lowest BCUT2D eigenvalue weighted by Gasteiger charge is -2.33. The summed E-state index contributed by atoms with van der Waals surface area (Å²) in [5.41, 5.74) is 1.25. The molecule has 1 atom stereocenters. The van der Waals surface area contributed by atoms with Crippen LogP contribution in [0.15, 0.2) is 11.6 Å². The summed E-state index contributed by atoms with van der Waals surface area (Å²) in [5, 5.41) is 2.95. The van der Waals surface area contributed by atoms with Crippen molar-refractivity contribution in [3.05, 3.63) is 11.6 Å². The van der Waals surface area contributed by atoms with Crippen LogP contribution in [0, 0.1) is 5.92 Å². The topological polar surface area (TPSA) is 58.6 Å². The molecule has 124 valence electrons. The average Bonchev–Trinajstić information content (AvgIpc) is 2.48. The van der Waals surface area contributed by atoms with Gasteiger partial charge in [0.1, 0.15) is 6.61 Å². The highest BCUT2D eigenvalue weighted by Gasteiger charge is 2.26. The molecule has 0 radical (unpaired) electrons. The average molecular weight is 308 g/mol. The lowest BCUT2D eigenvalue weighted by atomic mass is 9.97. The molecule has 22 heavy (non-hydrogen) atoms. The Hall–Kier alpha value is -1.36. The fraction of sp³-hybridized carbons (Fsp3) is 0.765. The molecule has 2 aliphatic rings. The molecule has 1 N–H and O–H groups in total. The van der Waals surface area contributed by atoms with E-state index < -0.39 is 0 Å². The summed E-state index contributed by atoms with van der Waals surface area (Å²) < 4.78 is 5.52. The maximum absolute atomic E-state index is 12.0. The molecule has 2 amide bonds. The van der Waals surface area contributed by atoms with Crippen LogP contribution < -0.4 is 5.32 Å². The molecule has 2 rings (SSSR count). The Morgan fingerprint density at radius 1 is 1.45 bits per heavy atom. The van der Waals surface area contributed by atoms with E-state index in [9.17, 15) is 9.59 Å².